The lowest BCUT2D eigenvalue weighted by Gasteiger charge is -2.16. The van der Waals surface area contributed by atoms with Gasteiger partial charge >= 0.3 is 0 Å². The quantitative estimate of drug-likeness (QED) is 0.813. The van der Waals surface area contributed by atoms with Crippen molar-refractivity contribution in [3.63, 3.8) is 0 Å². The Balaban J connectivity index is 1.67. The van der Waals surface area contributed by atoms with Gasteiger partial charge in [-0.15, -0.1) is 0 Å². The van der Waals surface area contributed by atoms with Crippen molar-refractivity contribution < 1.29 is 4.79 Å². The summed E-state index contributed by atoms with van der Waals surface area (Å²) in [6, 6.07) is 11.0. The summed E-state index contributed by atoms with van der Waals surface area (Å²) < 4.78 is 0. The van der Waals surface area contributed by atoms with Crippen molar-refractivity contribution >= 4 is 18.5 Å². The van der Waals surface area contributed by atoms with Crippen LogP contribution >= 0.6 is 12.6 Å². The zero-order chi connectivity index (χ0) is 11.8. The zero-order valence-corrected chi connectivity index (χ0v) is 10.6. The van der Waals surface area contributed by atoms with Gasteiger partial charge in [0.05, 0.1) is 0 Å². The second kappa shape index (κ2) is 4.37. The summed E-state index contributed by atoms with van der Waals surface area (Å²) in [5.41, 5.74) is 1.37. The molecule has 90 valence electrons. The number of rotatable bonds is 3. The van der Waals surface area contributed by atoms with Gasteiger partial charge in [0.25, 0.3) is 0 Å². The maximum absolute atomic E-state index is 11.9. The number of likely N-dealkylation sites (tertiary alicyclic amines) is 1. The largest absolute Gasteiger partial charge is 0.339 e. The normalized spacial score (nSPS) is 31.9. The highest BCUT2D eigenvalue weighted by Gasteiger charge is 2.47. The molecule has 1 aliphatic carbocycles. The van der Waals surface area contributed by atoms with Crippen LogP contribution in [-0.2, 0) is 4.79 Å². The van der Waals surface area contributed by atoms with Gasteiger partial charge in [-0.1, -0.05) is 30.3 Å². The van der Waals surface area contributed by atoms with Crippen LogP contribution in [0.1, 0.15) is 24.3 Å². The van der Waals surface area contributed by atoms with Crippen LogP contribution in [0.3, 0.4) is 0 Å². The van der Waals surface area contributed by atoms with Crippen LogP contribution in [0.25, 0.3) is 0 Å². The molecule has 17 heavy (non-hydrogen) atoms. The number of hydrogen-bond acceptors (Lipinski definition) is 2. The first kappa shape index (κ1) is 11.1. The molecular formula is C14H17NOS. The van der Waals surface area contributed by atoms with Crippen LogP contribution in [0.15, 0.2) is 30.3 Å². The van der Waals surface area contributed by atoms with Crippen LogP contribution in [0.4, 0.5) is 0 Å². The molecule has 1 aliphatic heterocycles. The monoisotopic (exact) mass is 247 g/mol. The van der Waals surface area contributed by atoms with Crippen molar-refractivity contribution in [1.29, 1.82) is 0 Å². The Morgan fingerprint density at radius 1 is 1.29 bits per heavy atom. The van der Waals surface area contributed by atoms with E-state index in [1.54, 1.807) is 0 Å². The third-order valence-corrected chi connectivity index (χ3v) is 4.40. The molecule has 0 bridgehead atoms. The molecule has 2 fully saturated rings. The Morgan fingerprint density at radius 3 is 2.71 bits per heavy atom. The highest BCUT2D eigenvalue weighted by atomic mass is 32.1. The van der Waals surface area contributed by atoms with E-state index in [1.165, 1.54) is 5.56 Å². The highest BCUT2D eigenvalue weighted by Crippen LogP contribution is 2.46. The summed E-state index contributed by atoms with van der Waals surface area (Å²) in [5.74, 6) is 2.18. The van der Waals surface area contributed by atoms with Crippen molar-refractivity contribution in [3.8, 4) is 0 Å². The van der Waals surface area contributed by atoms with E-state index in [0.29, 0.717) is 30.2 Å². The molecule has 1 amide bonds. The SMILES string of the molecule is O=C1CC(CS)CN1C1CC1c1ccccc1. The van der Waals surface area contributed by atoms with E-state index >= 15 is 0 Å². The first-order valence-electron chi connectivity index (χ1n) is 6.25. The Bertz CT molecular complexity index is 419. The molecule has 0 aromatic heterocycles. The van der Waals surface area contributed by atoms with Crippen molar-refractivity contribution in [2.24, 2.45) is 5.92 Å². The second-order valence-electron chi connectivity index (χ2n) is 5.12. The maximum Gasteiger partial charge on any atom is 0.223 e. The van der Waals surface area contributed by atoms with Gasteiger partial charge in [0.15, 0.2) is 0 Å². The minimum absolute atomic E-state index is 0.326. The van der Waals surface area contributed by atoms with Crippen molar-refractivity contribution in [2.75, 3.05) is 12.3 Å². The van der Waals surface area contributed by atoms with E-state index in [9.17, 15) is 4.79 Å². The molecule has 1 aromatic rings. The Labute approximate surface area is 107 Å². The molecule has 0 radical (unpaired) electrons. The van der Waals surface area contributed by atoms with Gasteiger partial charge in [-0.25, -0.2) is 0 Å². The van der Waals surface area contributed by atoms with Gasteiger partial charge in [0.2, 0.25) is 5.91 Å². The average Bonchev–Trinajstić information content (AvgIpc) is 3.07. The summed E-state index contributed by atoms with van der Waals surface area (Å²) in [5, 5.41) is 0. The Morgan fingerprint density at radius 2 is 2.06 bits per heavy atom. The van der Waals surface area contributed by atoms with E-state index in [2.05, 4.69) is 41.8 Å². The first-order valence-corrected chi connectivity index (χ1v) is 6.88. The van der Waals surface area contributed by atoms with E-state index in [-0.39, 0.29) is 0 Å². The third kappa shape index (κ3) is 2.08. The van der Waals surface area contributed by atoms with Gasteiger partial charge in [-0.05, 0) is 23.7 Å². The molecule has 2 aliphatic rings. The summed E-state index contributed by atoms with van der Waals surface area (Å²) in [6.07, 6.45) is 1.83. The number of amides is 1. The predicted octanol–water partition coefficient (Wildman–Crippen LogP) is 2.32. The first-order chi connectivity index (χ1) is 8.29. The molecule has 3 heteroatoms. The number of thiol groups is 1. The summed E-state index contributed by atoms with van der Waals surface area (Å²) in [4.78, 5) is 14.0. The summed E-state index contributed by atoms with van der Waals surface area (Å²) >= 11 is 4.30. The lowest BCUT2D eigenvalue weighted by molar-refractivity contribution is -0.128. The van der Waals surface area contributed by atoms with Gasteiger partial charge < -0.3 is 4.90 Å². The number of carbonyl (C=O) groups is 1. The molecule has 3 rings (SSSR count). The number of nitrogens with zero attached hydrogens (tertiary/aromatic N) is 1. The molecule has 1 heterocycles. The van der Waals surface area contributed by atoms with Crippen molar-refractivity contribution in [1.82, 2.24) is 4.90 Å². The van der Waals surface area contributed by atoms with Gasteiger partial charge in [-0.2, -0.15) is 12.6 Å². The molecule has 3 atom stereocenters. The smallest absolute Gasteiger partial charge is 0.223 e. The Kier molecular flexibility index (Phi) is 2.87. The molecule has 0 spiro atoms. The fourth-order valence-electron chi connectivity index (χ4n) is 2.84. The third-order valence-electron chi connectivity index (χ3n) is 3.88. The lowest BCUT2D eigenvalue weighted by atomic mass is 10.1. The summed E-state index contributed by atoms with van der Waals surface area (Å²) in [6.45, 7) is 0.913. The Hall–Kier alpha value is -0.960. The van der Waals surface area contributed by atoms with Gasteiger partial charge in [0.1, 0.15) is 0 Å². The minimum Gasteiger partial charge on any atom is -0.339 e. The topological polar surface area (TPSA) is 20.3 Å². The highest BCUT2D eigenvalue weighted by molar-refractivity contribution is 7.80. The number of hydrogen-bond donors (Lipinski definition) is 1. The molecule has 0 N–H and O–H groups in total. The second-order valence-corrected chi connectivity index (χ2v) is 5.48. The predicted molar refractivity (Wildman–Crippen MR) is 71.3 cm³/mol. The average molecular weight is 247 g/mol. The van der Waals surface area contributed by atoms with E-state index in [1.807, 2.05) is 6.07 Å². The van der Waals surface area contributed by atoms with Gasteiger partial charge in [0, 0.05) is 24.9 Å². The van der Waals surface area contributed by atoms with E-state index in [4.69, 9.17) is 0 Å². The molecular weight excluding hydrogens is 230 g/mol. The van der Waals surface area contributed by atoms with Crippen LogP contribution in [0.5, 0.6) is 0 Å². The molecule has 1 aromatic carbocycles. The molecule has 2 nitrogen and oxygen atoms in total. The fourth-order valence-corrected chi connectivity index (χ4v) is 3.08. The zero-order valence-electron chi connectivity index (χ0n) is 9.75. The summed E-state index contributed by atoms with van der Waals surface area (Å²) in [7, 11) is 0. The van der Waals surface area contributed by atoms with Gasteiger partial charge in [-0.3, -0.25) is 4.79 Å². The minimum atomic E-state index is 0.326. The van der Waals surface area contributed by atoms with Crippen LogP contribution in [0, 0.1) is 5.92 Å². The fraction of sp³-hybridized carbons (Fsp3) is 0.500. The van der Waals surface area contributed by atoms with E-state index in [0.717, 1.165) is 18.7 Å². The standard InChI is InChI=1S/C14H17NOS/c16-14-6-10(9-17)8-15(14)13-7-12(13)11-4-2-1-3-5-11/h1-5,10,12-13,17H,6-9H2. The maximum atomic E-state index is 11.9. The van der Waals surface area contributed by atoms with Crippen LogP contribution in [0.2, 0.25) is 0 Å². The van der Waals surface area contributed by atoms with E-state index < -0.39 is 0 Å². The van der Waals surface area contributed by atoms with Crippen LogP contribution in [-0.4, -0.2) is 29.1 Å². The lowest BCUT2D eigenvalue weighted by Crippen LogP contribution is -2.28. The molecule has 3 unspecified atom stereocenters. The van der Waals surface area contributed by atoms with Crippen molar-refractivity contribution in [3.05, 3.63) is 35.9 Å². The van der Waals surface area contributed by atoms with Crippen molar-refractivity contribution in [2.45, 2.75) is 24.8 Å². The number of benzene rings is 1. The van der Waals surface area contributed by atoms with Crippen LogP contribution < -0.4 is 0 Å². The molecule has 1 saturated heterocycles. The number of carbonyl (C=O) groups excluding carboxylic acids is 1. The molecule has 1 saturated carbocycles.